The van der Waals surface area contributed by atoms with E-state index in [4.69, 9.17) is 27.6 Å². The summed E-state index contributed by atoms with van der Waals surface area (Å²) in [6, 6.07) is 0. The lowest BCUT2D eigenvalue weighted by atomic mass is 10.9. The molecule has 15 heavy (non-hydrogen) atoms. The Morgan fingerprint density at radius 1 is 1.60 bits per heavy atom. The average Bonchev–Trinajstić information content (AvgIpc) is 2.30. The molecule has 6 nitrogen and oxygen atoms in total. The molecule has 0 aromatic heterocycles. The summed E-state index contributed by atoms with van der Waals surface area (Å²) in [5.41, 5.74) is 5.60. The van der Waals surface area contributed by atoms with Crippen LogP contribution in [-0.2, 0) is 9.84 Å². The quantitative estimate of drug-likeness (QED) is 0.580. The van der Waals surface area contributed by atoms with Crippen molar-refractivity contribution in [2.75, 3.05) is 18.6 Å². The molecule has 1 rings (SSSR count). The summed E-state index contributed by atoms with van der Waals surface area (Å²) in [5.74, 6) is 0.0426. The molecular formula is C6H12ClN3O3S2. The number of nitrogens with two attached hydrogens (primary N) is 2. The van der Waals surface area contributed by atoms with Crippen LogP contribution in [-0.4, -0.2) is 36.5 Å². The third-order valence-electron chi connectivity index (χ3n) is 1.83. The van der Waals surface area contributed by atoms with Crippen LogP contribution in [0.3, 0.4) is 0 Å². The van der Waals surface area contributed by atoms with Crippen LogP contribution in [0.15, 0.2) is 15.2 Å². The third kappa shape index (κ3) is 2.13. The Hall–Kier alpha value is -0.280. The average molecular weight is 274 g/mol. The second-order valence-corrected chi connectivity index (χ2v) is 8.39. The van der Waals surface area contributed by atoms with Gasteiger partial charge in [-0.1, -0.05) is 21.8 Å². The Labute approximate surface area is 94.4 Å². The summed E-state index contributed by atoms with van der Waals surface area (Å²) in [4.78, 5) is 3.66. The summed E-state index contributed by atoms with van der Waals surface area (Å²) in [5, 5.41) is 14.7. The molecule has 0 aliphatic carbocycles. The smallest absolute Gasteiger partial charge is 0.198 e. The van der Waals surface area contributed by atoms with E-state index >= 15 is 0 Å². The van der Waals surface area contributed by atoms with Gasteiger partial charge in [0, 0.05) is 12.0 Å². The number of nitrogens with zero attached hydrogens (tertiary/aromatic N) is 1. The standard InChI is InChI=1S/C6H12ClN3O3S2/c1-14(12,13)6-10-4(7)5(8)15(6,9)3-2-11/h11H,2-3,8-9H2,1H3. The summed E-state index contributed by atoms with van der Waals surface area (Å²) < 4.78 is 22.6. The highest BCUT2D eigenvalue weighted by Gasteiger charge is 2.40. The zero-order valence-corrected chi connectivity index (χ0v) is 10.4. The van der Waals surface area contributed by atoms with E-state index in [9.17, 15) is 8.42 Å². The van der Waals surface area contributed by atoms with Crippen LogP contribution in [0, 0.1) is 0 Å². The molecule has 0 bridgehead atoms. The number of aliphatic imine (C=N–C) groups is 1. The first-order valence-electron chi connectivity index (χ1n) is 3.87. The lowest BCUT2D eigenvalue weighted by molar-refractivity contribution is 0.322. The minimum Gasteiger partial charge on any atom is -0.396 e. The number of hydrogen-bond donors (Lipinski definition) is 3. The zero-order valence-electron chi connectivity index (χ0n) is 7.97. The molecule has 0 saturated carbocycles. The zero-order chi connectivity index (χ0) is 11.9. The predicted octanol–water partition coefficient (Wildman–Crippen LogP) is -0.605. The Morgan fingerprint density at radius 2 is 2.13 bits per heavy atom. The second-order valence-electron chi connectivity index (χ2n) is 3.03. The lowest BCUT2D eigenvalue weighted by Gasteiger charge is -2.31. The van der Waals surface area contributed by atoms with Crippen molar-refractivity contribution in [2.24, 2.45) is 15.9 Å². The van der Waals surface area contributed by atoms with E-state index in [1.165, 1.54) is 0 Å². The van der Waals surface area contributed by atoms with Crippen LogP contribution in [0.1, 0.15) is 0 Å². The van der Waals surface area contributed by atoms with Crippen molar-refractivity contribution in [1.29, 1.82) is 0 Å². The maximum atomic E-state index is 11.4. The van der Waals surface area contributed by atoms with Gasteiger partial charge < -0.3 is 10.8 Å². The van der Waals surface area contributed by atoms with Gasteiger partial charge in [0.05, 0.1) is 6.61 Å². The lowest BCUT2D eigenvalue weighted by Crippen LogP contribution is -2.31. The van der Waals surface area contributed by atoms with Crippen molar-refractivity contribution < 1.29 is 13.5 Å². The highest BCUT2D eigenvalue weighted by Crippen LogP contribution is 2.54. The molecule has 1 aliphatic rings. The molecular weight excluding hydrogens is 262 g/mol. The predicted molar refractivity (Wildman–Crippen MR) is 63.1 cm³/mol. The van der Waals surface area contributed by atoms with Crippen molar-refractivity contribution in [3.63, 3.8) is 0 Å². The van der Waals surface area contributed by atoms with E-state index in [0.717, 1.165) is 6.26 Å². The summed E-state index contributed by atoms with van der Waals surface area (Å²) in [6.07, 6.45) is 0.987. The minimum absolute atomic E-state index is 0.0426. The number of aliphatic hydroxyl groups excluding tert-OH is 1. The molecule has 0 amide bonds. The summed E-state index contributed by atoms with van der Waals surface area (Å²) >= 11 is 5.65. The highest BCUT2D eigenvalue weighted by atomic mass is 35.5. The fourth-order valence-electron chi connectivity index (χ4n) is 1.16. The van der Waals surface area contributed by atoms with E-state index in [1.807, 2.05) is 0 Å². The molecule has 0 fully saturated rings. The van der Waals surface area contributed by atoms with Crippen LogP contribution in [0.2, 0.25) is 0 Å². The van der Waals surface area contributed by atoms with Crippen LogP contribution in [0.4, 0.5) is 0 Å². The summed E-state index contributed by atoms with van der Waals surface area (Å²) in [6.45, 7) is -0.273. The van der Waals surface area contributed by atoms with Gasteiger partial charge in [0.15, 0.2) is 19.4 Å². The van der Waals surface area contributed by atoms with Crippen molar-refractivity contribution in [2.45, 2.75) is 0 Å². The number of halogens is 1. The molecule has 0 spiro atoms. The topological polar surface area (TPSA) is 119 Å². The van der Waals surface area contributed by atoms with Gasteiger partial charge in [-0.3, -0.25) is 5.14 Å². The fraction of sp³-hybridized carbons (Fsp3) is 0.500. The van der Waals surface area contributed by atoms with Gasteiger partial charge >= 0.3 is 0 Å². The van der Waals surface area contributed by atoms with E-state index in [2.05, 4.69) is 4.99 Å². The van der Waals surface area contributed by atoms with Gasteiger partial charge in [0.25, 0.3) is 0 Å². The SMILES string of the molecule is CS(=O)(=O)C1=NC(Cl)=C(N)S1(N)CCO. The first-order chi connectivity index (χ1) is 6.73. The number of rotatable bonds is 2. The molecule has 1 unspecified atom stereocenters. The first kappa shape index (κ1) is 12.8. The Bertz CT molecular complexity index is 445. The Morgan fingerprint density at radius 3 is 2.53 bits per heavy atom. The maximum absolute atomic E-state index is 11.4. The van der Waals surface area contributed by atoms with Crippen LogP contribution in [0.25, 0.3) is 0 Å². The van der Waals surface area contributed by atoms with E-state index in [-0.39, 0.29) is 26.9 Å². The van der Waals surface area contributed by atoms with Crippen LogP contribution in [0.5, 0.6) is 0 Å². The largest absolute Gasteiger partial charge is 0.396 e. The molecule has 0 saturated heterocycles. The monoisotopic (exact) mass is 273 g/mol. The van der Waals surface area contributed by atoms with Crippen molar-refractivity contribution in [3.05, 3.63) is 10.2 Å². The molecule has 0 aromatic carbocycles. The maximum Gasteiger partial charge on any atom is 0.198 e. The fourth-order valence-corrected chi connectivity index (χ4v) is 6.16. The van der Waals surface area contributed by atoms with Crippen LogP contribution >= 0.6 is 21.8 Å². The van der Waals surface area contributed by atoms with Gasteiger partial charge in [0.1, 0.15) is 5.03 Å². The van der Waals surface area contributed by atoms with Gasteiger partial charge in [-0.15, -0.1) is 0 Å². The van der Waals surface area contributed by atoms with Crippen molar-refractivity contribution in [1.82, 2.24) is 0 Å². The molecule has 0 radical (unpaired) electrons. The number of sulfone groups is 1. The summed E-state index contributed by atoms with van der Waals surface area (Å²) in [7, 11) is -6.00. The van der Waals surface area contributed by atoms with E-state index < -0.39 is 20.1 Å². The van der Waals surface area contributed by atoms with Gasteiger partial charge in [0.2, 0.25) is 0 Å². The van der Waals surface area contributed by atoms with Crippen LogP contribution < -0.4 is 10.9 Å². The molecule has 0 aromatic rings. The van der Waals surface area contributed by atoms with Gasteiger partial charge in [-0.25, -0.2) is 13.4 Å². The Balaban J connectivity index is 3.29. The molecule has 1 heterocycles. The molecule has 1 atom stereocenters. The van der Waals surface area contributed by atoms with E-state index in [1.54, 1.807) is 0 Å². The molecule has 1 aliphatic heterocycles. The van der Waals surface area contributed by atoms with Crippen molar-refractivity contribution >= 4 is 36.0 Å². The van der Waals surface area contributed by atoms with Gasteiger partial charge in [-0.05, 0) is 0 Å². The van der Waals surface area contributed by atoms with Gasteiger partial charge in [-0.2, -0.15) is 0 Å². The van der Waals surface area contributed by atoms with Crippen molar-refractivity contribution in [3.8, 4) is 0 Å². The molecule has 88 valence electrons. The first-order valence-corrected chi connectivity index (χ1v) is 8.00. The van der Waals surface area contributed by atoms with E-state index in [0.29, 0.717) is 0 Å². The number of aliphatic hydroxyl groups is 1. The highest BCUT2D eigenvalue weighted by molar-refractivity contribution is 8.57. The third-order valence-corrected chi connectivity index (χ3v) is 7.27. The number of hydrogen-bond acceptors (Lipinski definition) is 6. The molecule has 5 N–H and O–H groups in total. The normalized spacial score (nSPS) is 31.3. The second kappa shape index (κ2) is 3.95. The minimum atomic E-state index is -3.55. The molecule has 9 heteroatoms. The Kier molecular flexibility index (Phi) is 3.36.